The molecule has 4 rings (SSSR count). The summed E-state index contributed by atoms with van der Waals surface area (Å²) in [6.07, 6.45) is -0.724. The molecule has 4 aromatic carbocycles. The van der Waals surface area contributed by atoms with Gasteiger partial charge in [-0.3, -0.25) is 0 Å². The van der Waals surface area contributed by atoms with E-state index in [-0.39, 0.29) is 13.8 Å². The quantitative estimate of drug-likeness (QED) is 0.252. The molecule has 0 bridgehead atoms. The Morgan fingerprint density at radius 2 is 0.850 bits per heavy atom. The van der Waals surface area contributed by atoms with E-state index in [2.05, 4.69) is 58.3 Å². The summed E-state index contributed by atoms with van der Waals surface area (Å²) in [5.41, 5.74) is 6.06. The van der Waals surface area contributed by atoms with Gasteiger partial charge in [0.25, 0.3) is 0 Å². The predicted octanol–water partition coefficient (Wildman–Crippen LogP) is 2.14. The van der Waals surface area contributed by atoms with Gasteiger partial charge in [0, 0.05) is 26.3 Å². The Balaban J connectivity index is 1.49. The van der Waals surface area contributed by atoms with Crippen LogP contribution in [0.5, 0.6) is 0 Å². The molecule has 0 aliphatic heterocycles. The van der Waals surface area contributed by atoms with Gasteiger partial charge < -0.3 is 24.2 Å². The van der Waals surface area contributed by atoms with Crippen LogP contribution in [0.2, 0.25) is 0 Å². The maximum Gasteiger partial charge on any atom is 0.361 e. The molecule has 0 aliphatic carbocycles. The van der Waals surface area contributed by atoms with Crippen LogP contribution in [-0.2, 0) is 9.31 Å². The van der Waals surface area contributed by atoms with Crippen molar-refractivity contribution < 1.29 is 14.4 Å². The third-order valence-corrected chi connectivity index (χ3v) is 6.96. The molecule has 0 atom stereocenters. The highest BCUT2D eigenvalue weighted by molar-refractivity contribution is 6.80. The molecule has 1 N–H and O–H groups in total. The van der Waals surface area contributed by atoms with E-state index in [1.165, 1.54) is 0 Å². The summed E-state index contributed by atoms with van der Waals surface area (Å²) in [5, 5.41) is 11.2. The standard InChI is InChI=1S/C33H40B2N2O3/c1-36(2)23-25-39-34(29-11-7-5-8-12-29)31-19-15-27(16-20-31)33(38)28-17-21-32(22-18-28)35(40-26-24-37(3)4)30-13-9-6-10-14-30/h5-22,33,38H,23-26H2,1-4H3. The van der Waals surface area contributed by atoms with Crippen molar-refractivity contribution in [3.8, 4) is 0 Å². The lowest BCUT2D eigenvalue weighted by atomic mass is 9.55. The van der Waals surface area contributed by atoms with Gasteiger partial charge in [-0.05, 0) is 61.2 Å². The van der Waals surface area contributed by atoms with E-state index in [0.717, 1.165) is 46.1 Å². The average Bonchev–Trinajstić information content (AvgIpc) is 2.98. The molecule has 0 heterocycles. The highest BCUT2D eigenvalue weighted by Gasteiger charge is 2.23. The lowest BCUT2D eigenvalue weighted by Gasteiger charge is -2.19. The zero-order valence-electron chi connectivity index (χ0n) is 24.1. The van der Waals surface area contributed by atoms with Crippen LogP contribution in [0.1, 0.15) is 17.2 Å². The van der Waals surface area contributed by atoms with Gasteiger partial charge in [-0.2, -0.15) is 0 Å². The van der Waals surface area contributed by atoms with E-state index in [0.29, 0.717) is 13.2 Å². The second-order valence-corrected chi connectivity index (χ2v) is 10.7. The van der Waals surface area contributed by atoms with Crippen LogP contribution in [0, 0.1) is 0 Å². The van der Waals surface area contributed by atoms with Gasteiger partial charge in [-0.25, -0.2) is 0 Å². The number of aliphatic hydroxyl groups excluding tert-OH is 1. The summed E-state index contributed by atoms with van der Waals surface area (Å²) in [7, 11) is 8.18. The first-order valence-electron chi connectivity index (χ1n) is 13.9. The van der Waals surface area contributed by atoms with Gasteiger partial charge in [0.1, 0.15) is 6.10 Å². The largest absolute Gasteiger partial charge is 0.426 e. The number of hydrogen-bond acceptors (Lipinski definition) is 5. The van der Waals surface area contributed by atoms with Gasteiger partial charge in [-0.1, -0.05) is 109 Å². The summed E-state index contributed by atoms with van der Waals surface area (Å²) < 4.78 is 12.6. The van der Waals surface area contributed by atoms with E-state index in [1.807, 2.05) is 88.9 Å². The minimum absolute atomic E-state index is 0.158. The zero-order chi connectivity index (χ0) is 28.3. The molecule has 0 spiro atoms. The van der Waals surface area contributed by atoms with Gasteiger partial charge in [0.05, 0.1) is 0 Å². The van der Waals surface area contributed by atoms with Gasteiger partial charge in [0.2, 0.25) is 0 Å². The Labute approximate surface area is 240 Å². The van der Waals surface area contributed by atoms with E-state index in [4.69, 9.17) is 9.31 Å². The van der Waals surface area contributed by atoms with E-state index >= 15 is 0 Å². The monoisotopic (exact) mass is 534 g/mol. The fourth-order valence-corrected chi connectivity index (χ4v) is 4.63. The zero-order valence-corrected chi connectivity index (χ0v) is 24.1. The summed E-state index contributed by atoms with van der Waals surface area (Å²) >= 11 is 0. The van der Waals surface area contributed by atoms with Crippen molar-refractivity contribution in [2.24, 2.45) is 0 Å². The third kappa shape index (κ3) is 8.40. The number of rotatable bonds is 14. The average molecular weight is 534 g/mol. The SMILES string of the molecule is CN(C)CCOB(c1ccccc1)c1ccc(C(O)c2ccc(B(OCCN(C)C)c3ccccc3)cc2)cc1. The van der Waals surface area contributed by atoms with Crippen molar-refractivity contribution in [3.63, 3.8) is 0 Å². The van der Waals surface area contributed by atoms with Crippen LogP contribution in [0.25, 0.3) is 0 Å². The van der Waals surface area contributed by atoms with Gasteiger partial charge in [-0.15, -0.1) is 0 Å². The first-order valence-corrected chi connectivity index (χ1v) is 13.9. The van der Waals surface area contributed by atoms with E-state index < -0.39 is 6.10 Å². The van der Waals surface area contributed by atoms with Gasteiger partial charge in [0.15, 0.2) is 0 Å². The Hall–Kier alpha value is -3.19. The molecule has 4 aromatic rings. The second kappa shape index (κ2) is 15.0. The van der Waals surface area contributed by atoms with Gasteiger partial charge >= 0.3 is 13.8 Å². The van der Waals surface area contributed by atoms with Crippen LogP contribution in [0.4, 0.5) is 0 Å². The van der Waals surface area contributed by atoms with Crippen LogP contribution in [0.3, 0.4) is 0 Å². The molecule has 0 unspecified atom stereocenters. The van der Waals surface area contributed by atoms with Crippen molar-refractivity contribution >= 4 is 35.7 Å². The molecule has 206 valence electrons. The van der Waals surface area contributed by atoms with Crippen LogP contribution in [0.15, 0.2) is 109 Å². The third-order valence-electron chi connectivity index (χ3n) is 6.96. The Kier molecular flexibility index (Phi) is 11.2. The molecule has 0 aliphatic rings. The number of benzene rings is 4. The molecular formula is C33H40B2N2O3. The normalized spacial score (nSPS) is 11.4. The van der Waals surface area contributed by atoms with Crippen molar-refractivity contribution in [3.05, 3.63) is 120 Å². The highest BCUT2D eigenvalue weighted by Crippen LogP contribution is 2.20. The number of likely N-dealkylation sites (N-methyl/N-ethyl adjacent to an activating group) is 2. The number of hydrogen-bond donors (Lipinski definition) is 1. The van der Waals surface area contributed by atoms with Crippen molar-refractivity contribution in [1.82, 2.24) is 9.80 Å². The lowest BCUT2D eigenvalue weighted by Crippen LogP contribution is -2.46. The molecule has 0 amide bonds. The highest BCUT2D eigenvalue weighted by atomic mass is 16.4. The fourth-order valence-electron chi connectivity index (χ4n) is 4.63. The van der Waals surface area contributed by atoms with Crippen molar-refractivity contribution in [1.29, 1.82) is 0 Å². The Morgan fingerprint density at radius 1 is 0.525 bits per heavy atom. The molecule has 7 heteroatoms. The number of aliphatic hydroxyl groups is 1. The molecule has 0 radical (unpaired) electrons. The van der Waals surface area contributed by atoms with E-state index in [9.17, 15) is 5.11 Å². The van der Waals surface area contributed by atoms with E-state index in [1.54, 1.807) is 0 Å². The van der Waals surface area contributed by atoms with Crippen molar-refractivity contribution in [2.75, 3.05) is 54.5 Å². The summed E-state index contributed by atoms with van der Waals surface area (Å²) in [5.74, 6) is 0. The smallest absolute Gasteiger partial charge is 0.361 e. The molecule has 5 nitrogen and oxygen atoms in total. The summed E-state index contributed by atoms with van der Waals surface area (Å²) in [6, 6.07) is 36.8. The van der Waals surface area contributed by atoms with Crippen LogP contribution < -0.4 is 21.9 Å². The molecule has 0 aromatic heterocycles. The first-order chi connectivity index (χ1) is 19.4. The molecule has 0 saturated heterocycles. The van der Waals surface area contributed by atoms with Crippen molar-refractivity contribution in [2.45, 2.75) is 6.10 Å². The molecule has 0 saturated carbocycles. The molecule has 40 heavy (non-hydrogen) atoms. The summed E-state index contributed by atoms with van der Waals surface area (Å²) in [6.45, 7) is 2.64. The minimum atomic E-state index is -0.724. The maximum atomic E-state index is 11.2. The Bertz CT molecular complexity index is 1170. The molecular weight excluding hydrogens is 494 g/mol. The maximum absolute atomic E-state index is 11.2. The fraction of sp³-hybridized carbons (Fsp3) is 0.273. The first kappa shape index (κ1) is 29.8. The second-order valence-electron chi connectivity index (χ2n) is 10.7. The predicted molar refractivity (Wildman–Crippen MR) is 169 cm³/mol. The van der Waals surface area contributed by atoms with Crippen LogP contribution in [-0.4, -0.2) is 83.2 Å². The Morgan fingerprint density at radius 3 is 1.18 bits per heavy atom. The lowest BCUT2D eigenvalue weighted by molar-refractivity contribution is 0.220. The summed E-state index contributed by atoms with van der Waals surface area (Å²) in [4.78, 5) is 4.23. The minimum Gasteiger partial charge on any atom is -0.426 e. The molecule has 0 fully saturated rings. The topological polar surface area (TPSA) is 45.2 Å². The number of nitrogens with zero attached hydrogens (tertiary/aromatic N) is 2. The van der Waals surface area contributed by atoms with Crippen LogP contribution >= 0.6 is 0 Å².